The van der Waals surface area contributed by atoms with Gasteiger partial charge in [-0.05, 0) is 5.56 Å². The van der Waals surface area contributed by atoms with Gasteiger partial charge in [0.05, 0.1) is 7.11 Å². The maximum Gasteiger partial charge on any atom is 0.212 e. The van der Waals surface area contributed by atoms with Crippen LogP contribution in [0.15, 0.2) is 18.3 Å². The van der Waals surface area contributed by atoms with Gasteiger partial charge in [-0.15, -0.1) is 0 Å². The lowest BCUT2D eigenvalue weighted by atomic mass is 10.2. The topological polar surface area (TPSA) is 59.9 Å². The van der Waals surface area contributed by atoms with Crippen LogP contribution in [0.25, 0.3) is 0 Å². The van der Waals surface area contributed by atoms with Gasteiger partial charge in [0.2, 0.25) is 11.0 Å². The fourth-order valence-corrected chi connectivity index (χ4v) is 2.06. The molecule has 0 aliphatic heterocycles. The molecule has 0 spiro atoms. The highest BCUT2D eigenvalue weighted by molar-refractivity contribution is 7.09. The number of hydrogen-bond donors (Lipinski definition) is 1. The van der Waals surface area contributed by atoms with Crippen LogP contribution in [-0.2, 0) is 6.54 Å². The number of methoxy groups -OCH3 is 1. The van der Waals surface area contributed by atoms with Gasteiger partial charge in [-0.25, -0.2) is 9.97 Å². The molecule has 2 heterocycles. The number of rotatable bonds is 5. The van der Waals surface area contributed by atoms with E-state index in [1.54, 1.807) is 13.3 Å². The first kappa shape index (κ1) is 12.8. The molecule has 0 saturated heterocycles. The molecule has 0 aliphatic carbocycles. The predicted octanol–water partition coefficient (Wildman–Crippen LogP) is 2.68. The number of hydrogen-bond acceptors (Lipinski definition) is 6. The molecule has 0 fully saturated rings. The number of aromatic nitrogens is 3. The molecule has 96 valence electrons. The van der Waals surface area contributed by atoms with Gasteiger partial charge in [0.25, 0.3) is 0 Å². The second-order valence-corrected chi connectivity index (χ2v) is 4.93. The molecule has 2 aromatic heterocycles. The van der Waals surface area contributed by atoms with E-state index >= 15 is 0 Å². The lowest BCUT2D eigenvalue weighted by Crippen LogP contribution is -2.00. The first-order valence-corrected chi connectivity index (χ1v) is 6.52. The van der Waals surface area contributed by atoms with Crippen LogP contribution in [0, 0.1) is 0 Å². The number of ether oxygens (including phenoxy) is 1. The summed E-state index contributed by atoms with van der Waals surface area (Å²) in [5, 5.41) is 4.08. The van der Waals surface area contributed by atoms with E-state index < -0.39 is 0 Å². The van der Waals surface area contributed by atoms with E-state index in [9.17, 15) is 0 Å². The summed E-state index contributed by atoms with van der Waals surface area (Å²) in [4.78, 5) is 8.56. The predicted molar refractivity (Wildman–Crippen MR) is 72.1 cm³/mol. The average molecular weight is 264 g/mol. The Kier molecular flexibility index (Phi) is 4.09. The highest BCUT2D eigenvalue weighted by Crippen LogP contribution is 2.18. The van der Waals surface area contributed by atoms with E-state index in [1.165, 1.54) is 11.5 Å². The first-order valence-electron chi connectivity index (χ1n) is 5.75. The molecule has 0 aromatic carbocycles. The van der Waals surface area contributed by atoms with Crippen molar-refractivity contribution in [1.29, 1.82) is 0 Å². The van der Waals surface area contributed by atoms with Crippen molar-refractivity contribution in [2.24, 2.45) is 0 Å². The third-order valence-electron chi connectivity index (χ3n) is 2.41. The summed E-state index contributed by atoms with van der Waals surface area (Å²) >= 11 is 1.39. The number of nitrogens with zero attached hydrogens (tertiary/aromatic N) is 3. The molecule has 0 bridgehead atoms. The molecule has 0 aliphatic rings. The molecular weight excluding hydrogens is 248 g/mol. The minimum absolute atomic E-state index is 0.361. The third-order valence-corrected chi connectivity index (χ3v) is 3.10. The second-order valence-electron chi connectivity index (χ2n) is 4.17. The fourth-order valence-electron chi connectivity index (χ4n) is 1.36. The number of pyridine rings is 1. The summed E-state index contributed by atoms with van der Waals surface area (Å²) in [6.07, 6.45) is 1.79. The van der Waals surface area contributed by atoms with E-state index in [1.807, 2.05) is 12.1 Å². The van der Waals surface area contributed by atoms with Gasteiger partial charge in [-0.3, -0.25) is 0 Å². The Morgan fingerprint density at radius 1 is 1.39 bits per heavy atom. The lowest BCUT2D eigenvalue weighted by Gasteiger charge is -2.03. The molecule has 2 aromatic rings. The van der Waals surface area contributed by atoms with Crippen molar-refractivity contribution in [3.05, 3.63) is 29.7 Å². The highest BCUT2D eigenvalue weighted by atomic mass is 32.1. The zero-order valence-electron chi connectivity index (χ0n) is 10.7. The van der Waals surface area contributed by atoms with Crippen LogP contribution in [0.4, 0.5) is 5.13 Å². The van der Waals surface area contributed by atoms with E-state index in [-0.39, 0.29) is 0 Å². The minimum Gasteiger partial charge on any atom is -0.481 e. The van der Waals surface area contributed by atoms with Gasteiger partial charge in [-0.1, -0.05) is 19.9 Å². The quantitative estimate of drug-likeness (QED) is 0.899. The van der Waals surface area contributed by atoms with Crippen LogP contribution in [-0.4, -0.2) is 21.5 Å². The fraction of sp³-hybridized carbons (Fsp3) is 0.417. The SMILES string of the molecule is COc1ccc(CNc2nc(C(C)C)ns2)cn1. The minimum atomic E-state index is 0.361. The van der Waals surface area contributed by atoms with Crippen LogP contribution in [0.5, 0.6) is 5.88 Å². The van der Waals surface area contributed by atoms with E-state index in [0.717, 1.165) is 16.5 Å². The average Bonchev–Trinajstić information content (AvgIpc) is 2.86. The largest absolute Gasteiger partial charge is 0.481 e. The van der Waals surface area contributed by atoms with Crippen molar-refractivity contribution >= 4 is 16.7 Å². The molecule has 2 rings (SSSR count). The van der Waals surface area contributed by atoms with Crippen LogP contribution >= 0.6 is 11.5 Å². The van der Waals surface area contributed by atoms with Crippen LogP contribution in [0.2, 0.25) is 0 Å². The molecule has 0 atom stereocenters. The molecule has 6 heteroatoms. The van der Waals surface area contributed by atoms with Crippen LogP contribution < -0.4 is 10.1 Å². The Bertz CT molecular complexity index is 495. The molecule has 0 unspecified atom stereocenters. The lowest BCUT2D eigenvalue weighted by molar-refractivity contribution is 0.397. The monoisotopic (exact) mass is 264 g/mol. The van der Waals surface area contributed by atoms with Crippen molar-refractivity contribution in [3.8, 4) is 5.88 Å². The standard InChI is InChI=1S/C12H16N4OS/c1-8(2)11-15-12(18-16-11)14-7-9-4-5-10(17-3)13-6-9/h4-6,8H,7H2,1-3H3,(H,14,15,16). The van der Waals surface area contributed by atoms with Gasteiger partial charge in [0.1, 0.15) is 5.82 Å². The summed E-state index contributed by atoms with van der Waals surface area (Å²) in [5.74, 6) is 1.87. The Hall–Kier alpha value is -1.69. The van der Waals surface area contributed by atoms with E-state index in [2.05, 4.69) is 33.5 Å². The van der Waals surface area contributed by atoms with Gasteiger partial charge in [0, 0.05) is 36.3 Å². The molecule has 1 N–H and O–H groups in total. The van der Waals surface area contributed by atoms with Crippen LogP contribution in [0.1, 0.15) is 31.2 Å². The first-order chi connectivity index (χ1) is 8.69. The number of nitrogens with one attached hydrogen (secondary N) is 1. The smallest absolute Gasteiger partial charge is 0.212 e. The summed E-state index contributed by atoms with van der Waals surface area (Å²) in [5.41, 5.74) is 1.08. The van der Waals surface area contributed by atoms with Crippen molar-refractivity contribution in [2.75, 3.05) is 12.4 Å². The Morgan fingerprint density at radius 2 is 2.22 bits per heavy atom. The third kappa shape index (κ3) is 3.16. The molecule has 0 radical (unpaired) electrons. The summed E-state index contributed by atoms with van der Waals surface area (Å²) < 4.78 is 9.30. The summed E-state index contributed by atoms with van der Waals surface area (Å²) in [7, 11) is 1.61. The van der Waals surface area contributed by atoms with Gasteiger partial charge >= 0.3 is 0 Å². The summed E-state index contributed by atoms with van der Waals surface area (Å²) in [6, 6.07) is 3.82. The van der Waals surface area contributed by atoms with Gasteiger partial charge in [-0.2, -0.15) is 4.37 Å². The Morgan fingerprint density at radius 3 is 2.78 bits per heavy atom. The van der Waals surface area contributed by atoms with Gasteiger partial charge in [0.15, 0.2) is 0 Å². The molecule has 0 amide bonds. The van der Waals surface area contributed by atoms with E-state index in [0.29, 0.717) is 18.3 Å². The zero-order valence-corrected chi connectivity index (χ0v) is 11.5. The summed E-state index contributed by atoms with van der Waals surface area (Å²) in [6.45, 7) is 4.85. The highest BCUT2D eigenvalue weighted by Gasteiger charge is 2.07. The molecular formula is C12H16N4OS. The molecule has 5 nitrogen and oxygen atoms in total. The zero-order chi connectivity index (χ0) is 13.0. The van der Waals surface area contributed by atoms with E-state index in [4.69, 9.17) is 4.74 Å². The maximum absolute atomic E-state index is 5.01. The van der Waals surface area contributed by atoms with Crippen LogP contribution in [0.3, 0.4) is 0 Å². The Labute approximate surface area is 110 Å². The Balaban J connectivity index is 1.93. The second kappa shape index (κ2) is 5.77. The van der Waals surface area contributed by atoms with Crippen molar-refractivity contribution in [2.45, 2.75) is 26.3 Å². The van der Waals surface area contributed by atoms with Crippen molar-refractivity contribution in [1.82, 2.24) is 14.3 Å². The number of anilines is 1. The van der Waals surface area contributed by atoms with Crippen molar-refractivity contribution < 1.29 is 4.74 Å². The molecule has 0 saturated carbocycles. The normalized spacial score (nSPS) is 10.7. The maximum atomic E-state index is 5.01. The molecule has 18 heavy (non-hydrogen) atoms. The van der Waals surface area contributed by atoms with Gasteiger partial charge < -0.3 is 10.1 Å². The van der Waals surface area contributed by atoms with Crippen molar-refractivity contribution in [3.63, 3.8) is 0 Å².